The van der Waals surface area contributed by atoms with E-state index in [4.69, 9.17) is 19.9 Å². The van der Waals surface area contributed by atoms with Crippen LogP contribution in [0.15, 0.2) is 18.2 Å². The molecule has 1 aromatic carbocycles. The number of carbonyl (C=O) groups excluding carboxylic acids is 1. The van der Waals surface area contributed by atoms with Crippen molar-refractivity contribution in [1.82, 2.24) is 4.90 Å². The van der Waals surface area contributed by atoms with Crippen LogP contribution in [0.5, 0.6) is 11.5 Å². The molecular formula is C19H30N2O4. The number of likely N-dealkylation sites (tertiary alicyclic amines) is 1. The van der Waals surface area contributed by atoms with E-state index in [1.165, 1.54) is 39.5 Å². The number of nitrogens with zero attached hydrogens (tertiary/aromatic N) is 1. The minimum atomic E-state index is -0.715. The van der Waals surface area contributed by atoms with Crippen LogP contribution >= 0.6 is 0 Å². The summed E-state index contributed by atoms with van der Waals surface area (Å²) < 4.78 is 16.1. The Morgan fingerprint density at radius 2 is 2.00 bits per heavy atom. The van der Waals surface area contributed by atoms with E-state index in [0.717, 1.165) is 18.5 Å². The number of ether oxygens (including phenoxy) is 3. The van der Waals surface area contributed by atoms with E-state index < -0.39 is 12.0 Å². The first kappa shape index (κ1) is 19.5. The van der Waals surface area contributed by atoms with Gasteiger partial charge >= 0.3 is 5.97 Å². The first-order chi connectivity index (χ1) is 12.2. The largest absolute Gasteiger partial charge is 0.493 e. The van der Waals surface area contributed by atoms with Crippen LogP contribution in [-0.4, -0.2) is 57.4 Å². The molecule has 1 aromatic rings. The van der Waals surface area contributed by atoms with Gasteiger partial charge in [0.1, 0.15) is 6.04 Å². The van der Waals surface area contributed by atoms with Crippen LogP contribution < -0.4 is 15.2 Å². The molecule has 0 aromatic heterocycles. The Balaban J connectivity index is 1.93. The second-order valence-electron chi connectivity index (χ2n) is 6.39. The van der Waals surface area contributed by atoms with E-state index in [9.17, 15) is 4.79 Å². The summed E-state index contributed by atoms with van der Waals surface area (Å²) in [6, 6.07) is 4.92. The van der Waals surface area contributed by atoms with E-state index >= 15 is 0 Å². The summed E-state index contributed by atoms with van der Waals surface area (Å²) in [7, 11) is 2.95. The number of nitrogens with two attached hydrogens (primary N) is 1. The van der Waals surface area contributed by atoms with Gasteiger partial charge in [0.15, 0.2) is 11.5 Å². The maximum Gasteiger partial charge on any atom is 0.322 e. The fourth-order valence-electron chi connectivity index (χ4n) is 3.16. The molecule has 0 radical (unpaired) electrons. The molecule has 6 heteroatoms. The van der Waals surface area contributed by atoms with Gasteiger partial charge in [-0.05, 0) is 38.4 Å². The normalized spacial score (nSPS) is 16.3. The fourth-order valence-corrected chi connectivity index (χ4v) is 3.16. The number of methoxy groups -OCH3 is 2. The van der Waals surface area contributed by atoms with Gasteiger partial charge in [0.2, 0.25) is 0 Å². The zero-order chi connectivity index (χ0) is 18.1. The maximum absolute atomic E-state index is 11.6. The molecule has 0 amide bonds. The van der Waals surface area contributed by atoms with Gasteiger partial charge in [-0.1, -0.05) is 18.6 Å². The zero-order valence-electron chi connectivity index (χ0n) is 15.3. The highest BCUT2D eigenvalue weighted by atomic mass is 16.5. The predicted molar refractivity (Wildman–Crippen MR) is 97.1 cm³/mol. The molecule has 1 fully saturated rings. The smallest absolute Gasteiger partial charge is 0.322 e. The standard InChI is InChI=1S/C19H30N2O4/c1-23-17-9-6-8-15(14-16(20)19(22)24-2)18(17)25-13-7-12-21-10-4-3-5-11-21/h6,8-9,16H,3-5,7,10-14,20H2,1-2H3. The summed E-state index contributed by atoms with van der Waals surface area (Å²) in [5.41, 5.74) is 6.75. The van der Waals surface area contributed by atoms with Crippen molar-refractivity contribution in [1.29, 1.82) is 0 Å². The highest BCUT2D eigenvalue weighted by Gasteiger charge is 2.19. The minimum Gasteiger partial charge on any atom is -0.493 e. The van der Waals surface area contributed by atoms with E-state index in [1.807, 2.05) is 18.2 Å². The molecule has 6 nitrogen and oxygen atoms in total. The Kier molecular flexibility index (Phi) is 8.01. The summed E-state index contributed by atoms with van der Waals surface area (Å²) in [6.07, 6.45) is 5.25. The molecule has 25 heavy (non-hydrogen) atoms. The number of hydrogen-bond donors (Lipinski definition) is 1. The molecule has 1 aliphatic rings. The summed E-state index contributed by atoms with van der Waals surface area (Å²) in [5.74, 6) is 0.898. The van der Waals surface area contributed by atoms with Gasteiger partial charge in [-0.15, -0.1) is 0 Å². The first-order valence-electron chi connectivity index (χ1n) is 9.00. The molecule has 2 rings (SSSR count). The predicted octanol–water partition coefficient (Wildman–Crippen LogP) is 1.99. The first-order valence-corrected chi connectivity index (χ1v) is 9.00. The maximum atomic E-state index is 11.6. The quantitative estimate of drug-likeness (QED) is 0.542. The van der Waals surface area contributed by atoms with Crippen molar-refractivity contribution in [3.05, 3.63) is 23.8 Å². The third kappa shape index (κ3) is 5.90. The number of esters is 1. The number of hydrogen-bond acceptors (Lipinski definition) is 6. The van der Waals surface area contributed by atoms with Gasteiger partial charge in [0, 0.05) is 18.5 Å². The van der Waals surface area contributed by atoms with Crippen molar-refractivity contribution >= 4 is 5.97 Å². The Bertz CT molecular complexity index is 544. The molecule has 1 atom stereocenters. The Morgan fingerprint density at radius 3 is 2.68 bits per heavy atom. The monoisotopic (exact) mass is 350 g/mol. The van der Waals surface area contributed by atoms with Gasteiger partial charge in [-0.2, -0.15) is 0 Å². The number of carbonyl (C=O) groups is 1. The molecule has 0 saturated carbocycles. The summed E-state index contributed by atoms with van der Waals surface area (Å²) in [4.78, 5) is 14.1. The number of para-hydroxylation sites is 1. The van der Waals surface area contributed by atoms with Crippen LogP contribution in [0.3, 0.4) is 0 Å². The Morgan fingerprint density at radius 1 is 1.24 bits per heavy atom. The molecule has 2 N–H and O–H groups in total. The highest BCUT2D eigenvalue weighted by molar-refractivity contribution is 5.76. The highest BCUT2D eigenvalue weighted by Crippen LogP contribution is 2.32. The summed E-state index contributed by atoms with van der Waals surface area (Å²) in [5, 5.41) is 0. The van der Waals surface area contributed by atoms with Crippen molar-refractivity contribution < 1.29 is 19.0 Å². The van der Waals surface area contributed by atoms with Crippen LogP contribution in [-0.2, 0) is 16.0 Å². The molecular weight excluding hydrogens is 320 g/mol. The molecule has 0 spiro atoms. The topological polar surface area (TPSA) is 74.0 Å². The summed E-state index contributed by atoms with van der Waals surface area (Å²) in [6.45, 7) is 4.03. The van der Waals surface area contributed by atoms with Crippen molar-refractivity contribution in [3.63, 3.8) is 0 Å². The van der Waals surface area contributed by atoms with Crippen LogP contribution in [0.1, 0.15) is 31.2 Å². The number of benzene rings is 1. The zero-order valence-corrected chi connectivity index (χ0v) is 15.3. The van der Waals surface area contributed by atoms with E-state index in [1.54, 1.807) is 7.11 Å². The van der Waals surface area contributed by atoms with Crippen LogP contribution in [0.25, 0.3) is 0 Å². The molecule has 1 unspecified atom stereocenters. The second kappa shape index (κ2) is 10.3. The van der Waals surface area contributed by atoms with Gasteiger partial charge in [0.25, 0.3) is 0 Å². The van der Waals surface area contributed by atoms with Gasteiger partial charge in [-0.25, -0.2) is 0 Å². The lowest BCUT2D eigenvalue weighted by Crippen LogP contribution is -2.33. The number of piperidine rings is 1. The lowest BCUT2D eigenvalue weighted by Gasteiger charge is -2.26. The average Bonchev–Trinajstić information content (AvgIpc) is 2.65. The average molecular weight is 350 g/mol. The molecule has 0 bridgehead atoms. The van der Waals surface area contributed by atoms with Gasteiger partial charge < -0.3 is 24.8 Å². The molecule has 1 heterocycles. The van der Waals surface area contributed by atoms with Crippen molar-refractivity contribution in [2.24, 2.45) is 5.73 Å². The molecule has 1 saturated heterocycles. The molecule has 1 aliphatic heterocycles. The molecule has 140 valence electrons. The fraction of sp³-hybridized carbons (Fsp3) is 0.632. The van der Waals surface area contributed by atoms with E-state index in [2.05, 4.69) is 4.90 Å². The third-order valence-corrected chi connectivity index (χ3v) is 4.54. The Hall–Kier alpha value is -1.79. The van der Waals surface area contributed by atoms with Gasteiger partial charge in [0.05, 0.1) is 20.8 Å². The SMILES string of the molecule is COC(=O)C(N)Cc1cccc(OC)c1OCCCN1CCCCC1. The van der Waals surface area contributed by atoms with E-state index in [0.29, 0.717) is 24.5 Å². The van der Waals surface area contributed by atoms with E-state index in [-0.39, 0.29) is 0 Å². The summed E-state index contributed by atoms with van der Waals surface area (Å²) >= 11 is 0. The second-order valence-corrected chi connectivity index (χ2v) is 6.39. The molecule has 0 aliphatic carbocycles. The lowest BCUT2D eigenvalue weighted by atomic mass is 10.0. The van der Waals surface area contributed by atoms with Crippen LogP contribution in [0, 0.1) is 0 Å². The van der Waals surface area contributed by atoms with Crippen molar-refractivity contribution in [2.45, 2.75) is 38.1 Å². The van der Waals surface area contributed by atoms with Crippen molar-refractivity contribution in [3.8, 4) is 11.5 Å². The van der Waals surface area contributed by atoms with Crippen LogP contribution in [0.4, 0.5) is 0 Å². The van der Waals surface area contributed by atoms with Gasteiger partial charge in [-0.3, -0.25) is 4.79 Å². The lowest BCUT2D eigenvalue weighted by molar-refractivity contribution is -0.142. The van der Waals surface area contributed by atoms with Crippen LogP contribution in [0.2, 0.25) is 0 Å². The minimum absolute atomic E-state index is 0.353. The third-order valence-electron chi connectivity index (χ3n) is 4.54. The van der Waals surface area contributed by atoms with Crippen molar-refractivity contribution in [2.75, 3.05) is 40.5 Å². The Labute approximate surface area is 150 Å². The number of rotatable bonds is 9.